The van der Waals surface area contributed by atoms with Gasteiger partial charge < -0.3 is 8.85 Å². The molecule has 181 valence electrons. The first-order chi connectivity index (χ1) is 14.9. The number of alkyl halides is 12. The van der Waals surface area contributed by atoms with E-state index >= 15 is 0 Å². The number of rotatable bonds is 0. The van der Waals surface area contributed by atoms with Crippen molar-refractivity contribution in [2.75, 3.05) is 0 Å². The maximum absolute atomic E-state index is 13.9. The Labute approximate surface area is 195 Å². The van der Waals surface area contributed by atoms with Crippen LogP contribution in [0, 0.1) is 0 Å². The van der Waals surface area contributed by atoms with Crippen molar-refractivity contribution in [3.05, 3.63) is 59.7 Å². The molecule has 0 atom stereocenters. The molecule has 0 aromatic heterocycles. The van der Waals surface area contributed by atoms with Crippen LogP contribution < -0.4 is 10.4 Å². The van der Waals surface area contributed by atoms with Crippen LogP contribution >= 0.6 is 0 Å². The number of halogens is 12. The summed E-state index contributed by atoms with van der Waals surface area (Å²) in [5.41, 5.74) is -13.8. The first kappa shape index (κ1) is 26.9. The van der Waals surface area contributed by atoms with Crippen LogP contribution in [0.5, 0.6) is 0 Å². The summed E-state index contributed by atoms with van der Waals surface area (Å²) in [5, 5.41) is -2.30. The fourth-order valence-electron chi connectivity index (χ4n) is 4.24. The van der Waals surface area contributed by atoms with Gasteiger partial charge in [-0.1, -0.05) is 48.5 Å². The maximum Gasteiger partial charge on any atom is 0.429 e. The molecule has 2 heterocycles. The average Bonchev–Trinajstić information content (AvgIpc) is 3.14. The standard InChI is InChI=1S/C18H8F12O2Si.Li/c19-15(20,21)13(16(22,23)24)9-5-1-3-7-11(9)33(31-13)12-8-4-2-6-10(12)14(32-33,17(25,26)27)18(28,29)30;/h1-8H;. The fraction of sp³-hybridized carbons (Fsp3) is 0.333. The van der Waals surface area contributed by atoms with Crippen LogP contribution in [0.1, 0.15) is 11.1 Å². The van der Waals surface area contributed by atoms with Gasteiger partial charge in [0, 0.05) is 40.4 Å². The van der Waals surface area contributed by atoms with Crippen molar-refractivity contribution >= 4 is 37.8 Å². The zero-order chi connectivity index (χ0) is 24.9. The summed E-state index contributed by atoms with van der Waals surface area (Å²) in [7, 11) is -5.90. The minimum absolute atomic E-state index is 0. The monoisotopic (exact) mass is 519 g/mol. The second-order valence-electron chi connectivity index (χ2n) is 7.27. The molecule has 34 heavy (non-hydrogen) atoms. The molecule has 2 aromatic carbocycles. The predicted octanol–water partition coefficient (Wildman–Crippen LogP) is 4.56. The number of hydrogen-bond donors (Lipinski definition) is 0. The summed E-state index contributed by atoms with van der Waals surface area (Å²) in [6, 6.07) is 4.89. The summed E-state index contributed by atoms with van der Waals surface area (Å²) in [4.78, 5) is 0. The number of benzene rings is 2. The quantitative estimate of drug-likeness (QED) is 0.376. The third kappa shape index (κ3) is 3.06. The van der Waals surface area contributed by atoms with Crippen LogP contribution in [-0.2, 0) is 20.1 Å². The van der Waals surface area contributed by atoms with E-state index < -0.39 is 66.0 Å². The van der Waals surface area contributed by atoms with Crippen molar-refractivity contribution in [3.63, 3.8) is 0 Å². The van der Waals surface area contributed by atoms with Gasteiger partial charge >= 0.3 is 33.3 Å². The molecule has 0 unspecified atom stereocenters. The first-order valence-electron chi connectivity index (χ1n) is 8.74. The second-order valence-corrected chi connectivity index (χ2v) is 9.98. The number of fused-ring (bicyclic) bond motifs is 4. The van der Waals surface area contributed by atoms with Gasteiger partial charge in [-0.15, -0.1) is 0 Å². The van der Waals surface area contributed by atoms with Crippen LogP contribution in [0.15, 0.2) is 48.5 Å². The Balaban J connectivity index is 0.00000324. The minimum atomic E-state index is -6.31. The van der Waals surface area contributed by atoms with Crippen LogP contribution in [-0.4, -0.2) is 52.1 Å². The van der Waals surface area contributed by atoms with Crippen molar-refractivity contribution < 1.29 is 61.5 Å². The molecule has 1 spiro atoms. The molecule has 16 heteroatoms. The molecule has 0 saturated carbocycles. The van der Waals surface area contributed by atoms with Gasteiger partial charge in [0.1, 0.15) is 0 Å². The Morgan fingerprint density at radius 1 is 0.500 bits per heavy atom. The minimum Gasteiger partial charge on any atom is -0.362 e. The molecule has 4 rings (SSSR count). The normalized spacial score (nSPS) is 20.6. The molecule has 0 aliphatic carbocycles. The maximum atomic E-state index is 13.9. The van der Waals surface area contributed by atoms with Crippen molar-refractivity contribution in [3.8, 4) is 0 Å². The van der Waals surface area contributed by atoms with Gasteiger partial charge in [-0.3, -0.25) is 0 Å². The Hall–Kier alpha value is -1.67. The van der Waals surface area contributed by atoms with Crippen LogP contribution in [0.4, 0.5) is 52.7 Å². The van der Waals surface area contributed by atoms with E-state index in [-0.39, 0.29) is 18.9 Å². The molecule has 0 bridgehead atoms. The van der Waals surface area contributed by atoms with Crippen molar-refractivity contribution in [1.29, 1.82) is 0 Å². The molecule has 0 N–H and O–H groups in total. The molecule has 2 nitrogen and oxygen atoms in total. The zero-order valence-electron chi connectivity index (χ0n) is 16.5. The second kappa shape index (κ2) is 7.42. The smallest absolute Gasteiger partial charge is 0.362 e. The van der Waals surface area contributed by atoms with E-state index in [2.05, 4.69) is 8.85 Å². The number of hydrogen-bond acceptors (Lipinski definition) is 2. The van der Waals surface area contributed by atoms with E-state index in [0.717, 1.165) is 24.3 Å². The van der Waals surface area contributed by atoms with Gasteiger partial charge in [0.15, 0.2) is 0 Å². The molecule has 1 radical (unpaired) electrons. The van der Waals surface area contributed by atoms with Gasteiger partial charge in [0.25, 0.3) is 11.2 Å². The Morgan fingerprint density at radius 2 is 0.765 bits per heavy atom. The molecule has 2 aromatic rings. The fourth-order valence-corrected chi connectivity index (χ4v) is 8.42. The molecule has 0 amide bonds. The van der Waals surface area contributed by atoms with Gasteiger partial charge in [0.2, 0.25) is 0 Å². The van der Waals surface area contributed by atoms with Crippen LogP contribution in [0.3, 0.4) is 0 Å². The van der Waals surface area contributed by atoms with E-state index in [1.165, 1.54) is 0 Å². The summed E-state index contributed by atoms with van der Waals surface area (Å²) >= 11 is 0. The predicted molar refractivity (Wildman–Crippen MR) is 93.4 cm³/mol. The van der Waals surface area contributed by atoms with Crippen molar-refractivity contribution in [2.45, 2.75) is 35.9 Å². The SMILES string of the molecule is FC(F)(F)C1(C(F)(F)F)O[Si]2(OC(C(F)(F)F)(C(F)(F)F)c3ccccc32)c2ccccc21.[Li]. The average molecular weight is 519 g/mol. The molecular formula is C18H8F12LiO2Si. The topological polar surface area (TPSA) is 18.5 Å². The van der Waals surface area contributed by atoms with Gasteiger partial charge in [-0.25, -0.2) is 0 Å². The summed E-state index contributed by atoms with van der Waals surface area (Å²) in [6.07, 6.45) is -25.2. The third-order valence-electron chi connectivity index (χ3n) is 5.51. The van der Waals surface area contributed by atoms with Gasteiger partial charge in [-0.2, -0.15) is 52.7 Å². The van der Waals surface area contributed by atoms with Gasteiger partial charge in [-0.05, 0) is 0 Å². The molecule has 0 fully saturated rings. The third-order valence-corrected chi connectivity index (χ3v) is 8.99. The molecule has 0 saturated heterocycles. The Kier molecular flexibility index (Phi) is 5.88. The first-order valence-corrected chi connectivity index (χ1v) is 10.6. The summed E-state index contributed by atoms with van der Waals surface area (Å²) in [6.45, 7) is 0. The van der Waals surface area contributed by atoms with Crippen molar-refractivity contribution in [2.24, 2.45) is 0 Å². The van der Waals surface area contributed by atoms with Crippen LogP contribution in [0.25, 0.3) is 0 Å². The molecule has 2 aliphatic heterocycles. The van der Waals surface area contributed by atoms with E-state index in [1.54, 1.807) is 0 Å². The molecular weight excluding hydrogens is 511 g/mol. The van der Waals surface area contributed by atoms with Crippen molar-refractivity contribution in [1.82, 2.24) is 0 Å². The zero-order valence-corrected chi connectivity index (χ0v) is 17.5. The Bertz CT molecular complexity index is 990. The molecule has 2 aliphatic rings. The van der Waals surface area contributed by atoms with Gasteiger partial charge in [0.05, 0.1) is 0 Å². The van der Waals surface area contributed by atoms with E-state index in [0.29, 0.717) is 24.3 Å². The van der Waals surface area contributed by atoms with Crippen LogP contribution in [0.2, 0.25) is 0 Å². The van der Waals surface area contributed by atoms with E-state index in [9.17, 15) is 52.7 Å². The summed E-state index contributed by atoms with van der Waals surface area (Å²) < 4.78 is 176. The van der Waals surface area contributed by atoms with E-state index in [1.807, 2.05) is 0 Å². The largest absolute Gasteiger partial charge is 0.429 e. The van der Waals surface area contributed by atoms with E-state index in [4.69, 9.17) is 0 Å². The summed E-state index contributed by atoms with van der Waals surface area (Å²) in [5.74, 6) is 0. The Morgan fingerprint density at radius 3 is 1.03 bits per heavy atom.